The van der Waals surface area contributed by atoms with Gasteiger partial charge in [-0.1, -0.05) is 0 Å². The van der Waals surface area contributed by atoms with Crippen molar-refractivity contribution in [3.63, 3.8) is 0 Å². The van der Waals surface area contributed by atoms with Crippen LogP contribution in [-0.2, 0) is 24.7 Å². The van der Waals surface area contributed by atoms with Crippen molar-refractivity contribution in [1.82, 2.24) is 59.8 Å². The van der Waals surface area contributed by atoms with Crippen molar-refractivity contribution < 1.29 is 71.6 Å². The highest BCUT2D eigenvalue weighted by atomic mass is 19.4. The molecule has 418 valence electrons. The summed E-state index contributed by atoms with van der Waals surface area (Å²) in [6, 6.07) is 25.8. The van der Waals surface area contributed by atoms with Gasteiger partial charge in [-0.05, 0) is 97.1 Å². The van der Waals surface area contributed by atoms with Crippen molar-refractivity contribution in [2.75, 3.05) is 0 Å². The molecule has 84 heavy (non-hydrogen) atoms. The average Bonchev–Trinajstić information content (AvgIpc) is 3.85. The van der Waals surface area contributed by atoms with Gasteiger partial charge in [-0.3, -0.25) is 0 Å². The van der Waals surface area contributed by atoms with E-state index in [1.807, 2.05) is 0 Å². The maximum atomic E-state index is 13.4. The number of alkyl halides is 12. The number of hydrogen-bond acceptors (Lipinski definition) is 14. The first-order chi connectivity index (χ1) is 40.0. The van der Waals surface area contributed by atoms with Crippen molar-refractivity contribution in [3.05, 3.63) is 168 Å². The number of hydrogen-bond donors (Lipinski definition) is 2. The fraction of sp³-hybridized carbons (Fsp3) is 0.0714. The summed E-state index contributed by atoms with van der Waals surface area (Å²) in [5.74, 6) is -0.220. The Hall–Kier alpha value is -10.8. The summed E-state index contributed by atoms with van der Waals surface area (Å²) in [4.78, 5) is 51.3. The average molecular weight is 1160 g/mol. The highest BCUT2D eigenvalue weighted by molar-refractivity contribution is 6.07. The molecule has 2 aliphatic rings. The molecule has 4 aromatic carbocycles. The Kier molecular flexibility index (Phi) is 12.2. The van der Waals surface area contributed by atoms with Gasteiger partial charge in [0, 0.05) is 92.9 Å². The Labute approximate surface area is 459 Å². The number of H-pyrrole nitrogens is 2. The van der Waals surface area contributed by atoms with Crippen LogP contribution in [0.3, 0.4) is 0 Å². The van der Waals surface area contributed by atoms with Crippen LogP contribution in [0.25, 0.3) is 89.7 Å². The first kappa shape index (κ1) is 52.6. The number of nitrogens with zero attached hydrogens (tertiary/aromatic N) is 10. The number of halogens is 12. The molecule has 0 saturated heterocycles. The predicted octanol–water partition coefficient (Wildman–Crippen LogP) is 15.7. The molecule has 0 unspecified atom stereocenters. The van der Waals surface area contributed by atoms with E-state index in [-0.39, 0.29) is 92.4 Å². The molecule has 0 aliphatic carbocycles. The topological polar surface area (TPSA) is 197 Å². The molecule has 2 aliphatic heterocycles. The summed E-state index contributed by atoms with van der Waals surface area (Å²) >= 11 is 0. The minimum atomic E-state index is -4.67. The highest BCUT2D eigenvalue weighted by Gasteiger charge is 2.34. The number of aromatic amines is 2. The minimum Gasteiger partial charge on any atom is -0.439 e. The molecule has 11 aromatic rings. The SMILES string of the molecule is FC(F)(F)c1ccc(Oc2ccc3c(c2)-c2nc-3nc3[nH]c(nc4nc(nc5[nH]c(n2)c2ccc(Oc6ccc(C(F)(F)F)cn6)cc52)-c2ccc(Oc5ccc(C(F)(F)F)cn5)cc2-4)c2ccc(Oc4ccc(C(F)(F)F)cn4)cc32)nc1. The lowest BCUT2D eigenvalue weighted by atomic mass is 10.1. The third-order valence-electron chi connectivity index (χ3n) is 12.9. The third kappa shape index (κ3) is 10.2. The van der Waals surface area contributed by atoms with Crippen LogP contribution >= 0.6 is 0 Å². The van der Waals surface area contributed by atoms with E-state index in [1.165, 1.54) is 48.5 Å². The molecule has 7 aromatic heterocycles. The summed E-state index contributed by atoms with van der Waals surface area (Å²) in [6.45, 7) is 0. The van der Waals surface area contributed by atoms with Crippen molar-refractivity contribution in [2.24, 2.45) is 0 Å². The summed E-state index contributed by atoms with van der Waals surface area (Å²) < 4.78 is 185. The van der Waals surface area contributed by atoms with E-state index in [0.29, 0.717) is 68.6 Å². The van der Waals surface area contributed by atoms with Crippen LogP contribution in [0, 0.1) is 0 Å². The Morgan fingerprint density at radius 2 is 0.548 bits per heavy atom. The normalized spacial score (nSPS) is 12.5. The number of rotatable bonds is 8. The van der Waals surface area contributed by atoms with Crippen LogP contribution in [0.15, 0.2) is 146 Å². The van der Waals surface area contributed by atoms with Gasteiger partial charge < -0.3 is 28.9 Å². The highest BCUT2D eigenvalue weighted by Crippen LogP contribution is 2.43. The predicted molar refractivity (Wildman–Crippen MR) is 273 cm³/mol. The Bertz CT molecular complexity index is 4320. The van der Waals surface area contributed by atoms with Gasteiger partial charge in [-0.15, -0.1) is 0 Å². The Morgan fingerprint density at radius 1 is 0.274 bits per heavy atom. The van der Waals surface area contributed by atoms with Crippen molar-refractivity contribution >= 4 is 44.1 Å². The second-order valence-corrected chi connectivity index (χ2v) is 18.4. The van der Waals surface area contributed by atoms with Gasteiger partial charge >= 0.3 is 24.7 Å². The second kappa shape index (κ2) is 19.4. The molecule has 16 nitrogen and oxygen atoms in total. The van der Waals surface area contributed by atoms with Crippen molar-refractivity contribution in [3.8, 4) is 92.1 Å². The molecule has 0 amide bonds. The van der Waals surface area contributed by atoms with E-state index in [9.17, 15) is 52.7 Å². The Balaban J connectivity index is 1.02. The molecule has 9 heterocycles. The van der Waals surface area contributed by atoms with E-state index in [4.69, 9.17) is 48.9 Å². The zero-order valence-electron chi connectivity index (χ0n) is 41.5. The lowest BCUT2D eigenvalue weighted by Crippen LogP contribution is -2.05. The van der Waals surface area contributed by atoms with Gasteiger partial charge in [-0.25, -0.2) is 49.8 Å². The zero-order valence-corrected chi connectivity index (χ0v) is 41.5. The summed E-state index contributed by atoms with van der Waals surface area (Å²) in [6.07, 6.45) is -16.2. The van der Waals surface area contributed by atoms with Gasteiger partial charge in [0.2, 0.25) is 23.5 Å². The standard InChI is InChI=1S/C56H26F12N12O4/c57-53(58,59)25-1-13-41(69-21-25)81-29-5-9-33-37(17-29)49-73-45(33)78-50-39-19-31(83-43-15-3-27(23-71-43)55(63,64)65)7-11-35(39)47(75-50)80-52-40-20-32(84-44-16-4-28(24-72-44)56(66,67)68)8-12-36(40)48(76-52)79-51-38-18-30(6-10-34(38)46(74-51)77-49)82-42-14-2-26(22-70-42)54(60,61)62/h1-24H,(H2,73,74,75,76,77,78,79,80). The quantitative estimate of drug-likeness (QED) is 0.136. The van der Waals surface area contributed by atoms with Crippen molar-refractivity contribution in [1.29, 1.82) is 0 Å². The molecule has 28 heteroatoms. The number of aromatic nitrogens is 12. The fourth-order valence-corrected chi connectivity index (χ4v) is 8.88. The van der Waals surface area contributed by atoms with Gasteiger partial charge in [0.25, 0.3) is 0 Å². The van der Waals surface area contributed by atoms with Crippen molar-refractivity contribution in [2.45, 2.75) is 24.7 Å². The van der Waals surface area contributed by atoms with E-state index >= 15 is 0 Å². The molecule has 0 fully saturated rings. The van der Waals surface area contributed by atoms with Crippen LogP contribution < -0.4 is 18.9 Å². The molecule has 13 rings (SSSR count). The summed E-state index contributed by atoms with van der Waals surface area (Å²) in [5.41, 5.74) is -2.25. The molecule has 2 N–H and O–H groups in total. The number of pyridine rings is 4. The molecular formula is C56H26F12N12O4. The van der Waals surface area contributed by atoms with E-state index in [1.54, 1.807) is 24.3 Å². The van der Waals surface area contributed by atoms with Gasteiger partial charge in [0.1, 0.15) is 45.6 Å². The summed E-state index contributed by atoms with van der Waals surface area (Å²) in [5, 5.41) is 1.43. The smallest absolute Gasteiger partial charge is 0.417 e. The third-order valence-corrected chi connectivity index (χ3v) is 12.9. The monoisotopic (exact) mass is 1160 g/mol. The molecular weight excluding hydrogens is 1130 g/mol. The molecule has 0 atom stereocenters. The molecule has 8 bridgehead atoms. The number of benzene rings is 4. The fourth-order valence-electron chi connectivity index (χ4n) is 8.88. The van der Waals surface area contributed by atoms with Gasteiger partial charge in [0.15, 0.2) is 23.3 Å². The van der Waals surface area contributed by atoms with Crippen LogP contribution in [0.2, 0.25) is 0 Å². The molecule has 0 saturated carbocycles. The summed E-state index contributed by atoms with van der Waals surface area (Å²) in [7, 11) is 0. The van der Waals surface area contributed by atoms with Crippen LogP contribution in [-0.4, -0.2) is 59.8 Å². The minimum absolute atomic E-state index is 0.0121. The maximum Gasteiger partial charge on any atom is 0.417 e. The van der Waals surface area contributed by atoms with E-state index < -0.39 is 47.0 Å². The molecule has 0 radical (unpaired) electrons. The number of ether oxygens (including phenoxy) is 4. The van der Waals surface area contributed by atoms with Gasteiger partial charge in [0.05, 0.1) is 22.3 Å². The van der Waals surface area contributed by atoms with E-state index in [2.05, 4.69) is 29.9 Å². The molecule has 0 spiro atoms. The lowest BCUT2D eigenvalue weighted by molar-refractivity contribution is -0.138. The Morgan fingerprint density at radius 3 is 0.833 bits per heavy atom. The maximum absolute atomic E-state index is 13.4. The number of fused-ring (bicyclic) bond motifs is 20. The van der Waals surface area contributed by atoms with Crippen LogP contribution in [0.5, 0.6) is 46.5 Å². The lowest BCUT2D eigenvalue weighted by Gasteiger charge is -2.09. The first-order valence-corrected chi connectivity index (χ1v) is 24.3. The second-order valence-electron chi connectivity index (χ2n) is 18.4. The first-order valence-electron chi connectivity index (χ1n) is 24.3. The van der Waals surface area contributed by atoms with Gasteiger partial charge in [-0.2, -0.15) is 52.7 Å². The zero-order chi connectivity index (χ0) is 58.5. The largest absolute Gasteiger partial charge is 0.439 e. The van der Waals surface area contributed by atoms with Crippen LogP contribution in [0.4, 0.5) is 52.7 Å². The van der Waals surface area contributed by atoms with Crippen LogP contribution in [0.1, 0.15) is 22.3 Å². The van der Waals surface area contributed by atoms with E-state index in [0.717, 1.165) is 48.5 Å². The number of nitrogens with one attached hydrogen (secondary N) is 2.